The minimum atomic E-state index is -1.24. The smallest absolute Gasteiger partial charge is 0.377 e. The van der Waals surface area contributed by atoms with Gasteiger partial charge in [0.25, 0.3) is 0 Å². The molecule has 3 N–H and O–H groups in total. The SMILES string of the molecule is O=C1OC(C(O)CCl)C(O)=C1O. The molecule has 0 saturated carbocycles. The fraction of sp³-hybridized carbons (Fsp3) is 0.500. The first-order chi connectivity index (χ1) is 5.57. The summed E-state index contributed by atoms with van der Waals surface area (Å²) >= 11 is 5.24. The third-order valence-corrected chi connectivity index (χ3v) is 1.76. The monoisotopic (exact) mass is 194 g/mol. The molecule has 0 aromatic heterocycles. The Kier molecular flexibility index (Phi) is 2.44. The summed E-state index contributed by atoms with van der Waals surface area (Å²) in [5.41, 5.74) is 0. The number of aliphatic hydroxyl groups excluding tert-OH is 3. The van der Waals surface area contributed by atoms with Crippen LogP contribution in [0.25, 0.3) is 0 Å². The minimum Gasteiger partial charge on any atom is -0.505 e. The van der Waals surface area contributed by atoms with Crippen molar-refractivity contribution in [1.29, 1.82) is 0 Å². The van der Waals surface area contributed by atoms with E-state index in [1.807, 2.05) is 0 Å². The highest BCUT2D eigenvalue weighted by Crippen LogP contribution is 2.21. The van der Waals surface area contributed by atoms with Crippen molar-refractivity contribution in [2.45, 2.75) is 12.2 Å². The predicted octanol–water partition coefficient (Wildman–Crippen LogP) is -0.161. The zero-order valence-corrected chi connectivity index (χ0v) is 6.65. The van der Waals surface area contributed by atoms with Crippen LogP contribution in [0.15, 0.2) is 11.5 Å². The zero-order valence-electron chi connectivity index (χ0n) is 5.90. The van der Waals surface area contributed by atoms with E-state index in [0.717, 1.165) is 0 Å². The molecule has 0 fully saturated rings. The maximum absolute atomic E-state index is 10.6. The molecule has 0 radical (unpaired) electrons. The quantitative estimate of drug-likeness (QED) is 0.420. The van der Waals surface area contributed by atoms with Gasteiger partial charge >= 0.3 is 5.97 Å². The zero-order chi connectivity index (χ0) is 9.30. The lowest BCUT2D eigenvalue weighted by atomic mass is 10.2. The predicted molar refractivity (Wildman–Crippen MR) is 38.9 cm³/mol. The Hall–Kier alpha value is -0.940. The lowest BCUT2D eigenvalue weighted by Gasteiger charge is -2.13. The van der Waals surface area contributed by atoms with Crippen LogP contribution in [0.5, 0.6) is 0 Å². The van der Waals surface area contributed by atoms with Crippen LogP contribution in [0.1, 0.15) is 0 Å². The first kappa shape index (κ1) is 9.15. The molecular weight excluding hydrogens is 188 g/mol. The minimum absolute atomic E-state index is 0.199. The number of esters is 1. The first-order valence-corrected chi connectivity index (χ1v) is 3.68. The number of cyclic esters (lactones) is 1. The van der Waals surface area contributed by atoms with Gasteiger partial charge in [-0.15, -0.1) is 11.6 Å². The van der Waals surface area contributed by atoms with E-state index in [9.17, 15) is 4.79 Å². The summed E-state index contributed by atoms with van der Waals surface area (Å²) in [5, 5.41) is 26.8. The van der Waals surface area contributed by atoms with Gasteiger partial charge in [0, 0.05) is 0 Å². The molecule has 6 heteroatoms. The van der Waals surface area contributed by atoms with Crippen LogP contribution in [0.3, 0.4) is 0 Å². The summed E-state index contributed by atoms with van der Waals surface area (Å²) in [6.07, 6.45) is -2.45. The Morgan fingerprint density at radius 3 is 2.50 bits per heavy atom. The second kappa shape index (κ2) is 3.20. The third-order valence-electron chi connectivity index (χ3n) is 1.45. The van der Waals surface area contributed by atoms with Gasteiger partial charge < -0.3 is 20.1 Å². The molecule has 1 aliphatic heterocycles. The highest BCUT2D eigenvalue weighted by molar-refractivity contribution is 6.18. The van der Waals surface area contributed by atoms with Crippen LogP contribution in [-0.2, 0) is 9.53 Å². The summed E-state index contributed by atoms with van der Waals surface area (Å²) in [5.74, 6) is -2.80. The van der Waals surface area contributed by atoms with Gasteiger partial charge in [0.05, 0.1) is 5.88 Å². The molecule has 0 aromatic rings. The average Bonchev–Trinajstić information content (AvgIpc) is 2.32. The molecule has 12 heavy (non-hydrogen) atoms. The second-order valence-corrected chi connectivity index (χ2v) is 2.59. The van der Waals surface area contributed by atoms with Gasteiger partial charge in [-0.3, -0.25) is 0 Å². The molecule has 1 aliphatic rings. The van der Waals surface area contributed by atoms with Crippen LogP contribution in [0, 0.1) is 0 Å². The van der Waals surface area contributed by atoms with Gasteiger partial charge in [0.15, 0.2) is 11.9 Å². The number of halogens is 1. The lowest BCUT2D eigenvalue weighted by Crippen LogP contribution is -2.29. The molecule has 2 atom stereocenters. The molecule has 0 bridgehead atoms. The van der Waals surface area contributed by atoms with Gasteiger partial charge in [0.1, 0.15) is 6.10 Å². The highest BCUT2D eigenvalue weighted by atomic mass is 35.5. The summed E-state index contributed by atoms with van der Waals surface area (Å²) in [6.45, 7) is 0. The van der Waals surface area contributed by atoms with E-state index in [1.165, 1.54) is 0 Å². The van der Waals surface area contributed by atoms with Gasteiger partial charge in [0.2, 0.25) is 5.76 Å². The van der Waals surface area contributed by atoms with Gasteiger partial charge in [-0.2, -0.15) is 0 Å². The Bertz CT molecular complexity index is 236. The first-order valence-electron chi connectivity index (χ1n) is 3.15. The van der Waals surface area contributed by atoms with Gasteiger partial charge in [-0.25, -0.2) is 4.79 Å². The van der Waals surface area contributed by atoms with Crippen LogP contribution in [0.4, 0.5) is 0 Å². The number of rotatable bonds is 2. The van der Waals surface area contributed by atoms with E-state index in [2.05, 4.69) is 4.74 Å². The van der Waals surface area contributed by atoms with Crippen molar-refractivity contribution in [3.05, 3.63) is 11.5 Å². The van der Waals surface area contributed by atoms with Crippen LogP contribution in [-0.4, -0.2) is 39.4 Å². The fourth-order valence-corrected chi connectivity index (χ4v) is 0.970. The maximum atomic E-state index is 10.6. The molecule has 0 aliphatic carbocycles. The van der Waals surface area contributed by atoms with Crippen molar-refractivity contribution in [3.63, 3.8) is 0 Å². The van der Waals surface area contributed by atoms with E-state index < -0.39 is 29.7 Å². The molecule has 0 spiro atoms. The molecule has 68 valence electrons. The fourth-order valence-electron chi connectivity index (χ4n) is 0.808. The summed E-state index contributed by atoms with van der Waals surface area (Å²) in [6, 6.07) is 0. The van der Waals surface area contributed by atoms with E-state index in [0.29, 0.717) is 0 Å². The molecule has 2 unspecified atom stereocenters. The summed E-state index contributed by atoms with van der Waals surface area (Å²) in [4.78, 5) is 10.6. The lowest BCUT2D eigenvalue weighted by molar-refractivity contribution is -0.146. The highest BCUT2D eigenvalue weighted by Gasteiger charge is 2.38. The normalized spacial score (nSPS) is 25.8. The number of alkyl halides is 1. The Morgan fingerprint density at radius 2 is 2.17 bits per heavy atom. The van der Waals surface area contributed by atoms with Crippen LogP contribution >= 0.6 is 11.6 Å². The molecule has 1 rings (SSSR count). The molecule has 1 heterocycles. The molecular formula is C6H7ClO5. The summed E-state index contributed by atoms with van der Waals surface area (Å²) in [7, 11) is 0. The Balaban J connectivity index is 2.80. The van der Waals surface area contributed by atoms with Crippen LogP contribution < -0.4 is 0 Å². The van der Waals surface area contributed by atoms with Gasteiger partial charge in [-0.1, -0.05) is 0 Å². The molecule has 0 saturated heterocycles. The molecule has 0 amide bonds. The van der Waals surface area contributed by atoms with Crippen molar-refractivity contribution in [2.75, 3.05) is 5.88 Å². The number of hydrogen-bond donors (Lipinski definition) is 3. The van der Waals surface area contributed by atoms with Crippen LogP contribution in [0.2, 0.25) is 0 Å². The largest absolute Gasteiger partial charge is 0.505 e. The number of carbonyl (C=O) groups excluding carboxylic acids is 1. The van der Waals surface area contributed by atoms with E-state index >= 15 is 0 Å². The Labute approximate surface area is 72.8 Å². The molecule has 0 aromatic carbocycles. The number of aliphatic hydroxyl groups is 3. The van der Waals surface area contributed by atoms with Crippen molar-refractivity contribution >= 4 is 17.6 Å². The van der Waals surface area contributed by atoms with E-state index in [4.69, 9.17) is 26.9 Å². The van der Waals surface area contributed by atoms with Crippen molar-refractivity contribution < 1.29 is 24.9 Å². The van der Waals surface area contributed by atoms with Crippen molar-refractivity contribution in [3.8, 4) is 0 Å². The summed E-state index contributed by atoms with van der Waals surface area (Å²) < 4.78 is 4.39. The Morgan fingerprint density at radius 1 is 1.58 bits per heavy atom. The maximum Gasteiger partial charge on any atom is 0.377 e. The van der Waals surface area contributed by atoms with Crippen molar-refractivity contribution in [2.24, 2.45) is 0 Å². The number of ether oxygens (including phenoxy) is 1. The number of carbonyl (C=O) groups is 1. The topological polar surface area (TPSA) is 87.0 Å². The van der Waals surface area contributed by atoms with E-state index in [1.54, 1.807) is 0 Å². The number of hydrogen-bond acceptors (Lipinski definition) is 5. The average molecular weight is 195 g/mol. The third kappa shape index (κ3) is 1.33. The second-order valence-electron chi connectivity index (χ2n) is 2.28. The van der Waals surface area contributed by atoms with E-state index in [-0.39, 0.29) is 5.88 Å². The standard InChI is InChI=1S/C6H7ClO5/c7-1-2(8)5-3(9)4(10)6(11)12-5/h2,5,8-10H,1H2. The van der Waals surface area contributed by atoms with Gasteiger partial charge in [-0.05, 0) is 0 Å². The van der Waals surface area contributed by atoms with Crippen molar-refractivity contribution in [1.82, 2.24) is 0 Å². The molecule has 5 nitrogen and oxygen atoms in total.